The number of hydrogen-bond donors (Lipinski definition) is 2. The Morgan fingerprint density at radius 3 is 2.91 bits per heavy atom. The number of carbonyl (C=O) groups is 1. The van der Waals surface area contributed by atoms with Crippen molar-refractivity contribution in [2.75, 3.05) is 30.5 Å². The molecular weight excluding hydrogens is 304 g/mol. The average molecular weight is 322 g/mol. The van der Waals surface area contributed by atoms with Crippen LogP contribution in [0.5, 0.6) is 0 Å². The van der Waals surface area contributed by atoms with Gasteiger partial charge in [-0.1, -0.05) is 0 Å². The highest BCUT2D eigenvalue weighted by Crippen LogP contribution is 2.12. The molecule has 0 aliphatic heterocycles. The third-order valence-electron chi connectivity index (χ3n) is 2.59. The number of amides is 1. The van der Waals surface area contributed by atoms with Crippen LogP contribution in [0.25, 0.3) is 0 Å². The first kappa shape index (κ1) is 16.1. The van der Waals surface area contributed by atoms with Gasteiger partial charge in [-0.25, -0.2) is 0 Å². The highest BCUT2D eigenvalue weighted by atomic mass is 32.2. The summed E-state index contributed by atoms with van der Waals surface area (Å²) >= 11 is 1.41. The van der Waals surface area contributed by atoms with Gasteiger partial charge in [-0.05, 0) is 12.1 Å². The van der Waals surface area contributed by atoms with Crippen LogP contribution in [0.2, 0.25) is 0 Å². The summed E-state index contributed by atoms with van der Waals surface area (Å²) < 4.78 is 5.14. The van der Waals surface area contributed by atoms with Gasteiger partial charge in [0.1, 0.15) is 11.6 Å². The van der Waals surface area contributed by atoms with Crippen molar-refractivity contribution >= 4 is 29.6 Å². The highest BCUT2D eigenvalue weighted by molar-refractivity contribution is 7.99. The molecule has 0 bridgehead atoms. The first-order chi connectivity index (χ1) is 10.5. The van der Waals surface area contributed by atoms with Crippen LogP contribution in [0.4, 0.5) is 11.9 Å². The lowest BCUT2D eigenvalue weighted by Crippen LogP contribution is -2.24. The van der Waals surface area contributed by atoms with Gasteiger partial charge in [-0.2, -0.15) is 15.0 Å². The van der Waals surface area contributed by atoms with Crippen molar-refractivity contribution in [3.8, 4) is 0 Å². The third kappa shape index (κ3) is 4.92. The normalized spacial score (nSPS) is 10.5. The monoisotopic (exact) mass is 322 g/mol. The Kier molecular flexibility index (Phi) is 5.59. The van der Waals surface area contributed by atoms with Crippen LogP contribution in [0.3, 0.4) is 0 Å². The molecule has 2 rings (SSSR count). The third-order valence-corrected chi connectivity index (χ3v) is 3.52. The number of nitrogen functional groups attached to an aromatic ring is 1. The molecule has 9 heteroatoms. The lowest BCUT2D eigenvalue weighted by atomic mass is 10.4. The number of nitrogens with one attached hydrogen (secondary N) is 1. The van der Waals surface area contributed by atoms with Crippen LogP contribution < -0.4 is 16.0 Å². The van der Waals surface area contributed by atoms with E-state index in [1.165, 1.54) is 11.8 Å². The van der Waals surface area contributed by atoms with E-state index in [4.69, 9.17) is 10.2 Å². The molecule has 0 saturated carbocycles. The van der Waals surface area contributed by atoms with E-state index in [0.717, 1.165) is 5.76 Å². The fraction of sp³-hybridized carbons (Fsp3) is 0.385. The number of nitrogens with zero attached hydrogens (tertiary/aromatic N) is 4. The van der Waals surface area contributed by atoms with Crippen molar-refractivity contribution in [1.29, 1.82) is 0 Å². The Labute approximate surface area is 132 Å². The smallest absolute Gasteiger partial charge is 0.230 e. The summed E-state index contributed by atoms with van der Waals surface area (Å²) in [4.78, 5) is 25.8. The average Bonchev–Trinajstić information content (AvgIpc) is 2.98. The molecule has 8 nitrogen and oxygen atoms in total. The Bertz CT molecular complexity index is 617. The lowest BCUT2D eigenvalue weighted by Gasteiger charge is -2.11. The zero-order valence-corrected chi connectivity index (χ0v) is 13.3. The molecule has 3 N–H and O–H groups in total. The Morgan fingerprint density at radius 1 is 1.41 bits per heavy atom. The minimum absolute atomic E-state index is 0.0729. The fourth-order valence-electron chi connectivity index (χ4n) is 1.57. The van der Waals surface area contributed by atoms with E-state index in [-0.39, 0.29) is 11.9 Å². The van der Waals surface area contributed by atoms with Crippen molar-refractivity contribution in [1.82, 2.24) is 20.3 Å². The molecular formula is C13H18N6O2S. The molecule has 0 aromatic carbocycles. The van der Waals surface area contributed by atoms with Gasteiger partial charge >= 0.3 is 0 Å². The quantitative estimate of drug-likeness (QED) is 0.765. The van der Waals surface area contributed by atoms with Gasteiger partial charge in [0.2, 0.25) is 17.8 Å². The summed E-state index contributed by atoms with van der Waals surface area (Å²) in [6.07, 6.45) is 1.57. The van der Waals surface area contributed by atoms with Crippen molar-refractivity contribution < 1.29 is 9.21 Å². The van der Waals surface area contributed by atoms with Crippen LogP contribution >= 0.6 is 11.8 Å². The number of anilines is 2. The predicted molar refractivity (Wildman–Crippen MR) is 85.3 cm³/mol. The van der Waals surface area contributed by atoms with Crippen molar-refractivity contribution in [2.24, 2.45) is 0 Å². The van der Waals surface area contributed by atoms with Gasteiger partial charge in [-0.3, -0.25) is 4.79 Å². The molecule has 0 fully saturated rings. The minimum atomic E-state index is -0.0729. The number of aromatic nitrogens is 3. The van der Waals surface area contributed by atoms with Crippen molar-refractivity contribution in [3.63, 3.8) is 0 Å². The first-order valence-electron chi connectivity index (χ1n) is 6.59. The molecule has 0 radical (unpaired) electrons. The van der Waals surface area contributed by atoms with Gasteiger partial charge in [-0.15, -0.1) is 11.8 Å². The van der Waals surface area contributed by atoms with E-state index in [9.17, 15) is 4.79 Å². The summed E-state index contributed by atoms with van der Waals surface area (Å²) in [7, 11) is 3.65. The summed E-state index contributed by atoms with van der Waals surface area (Å²) in [5.41, 5.74) is 5.64. The van der Waals surface area contributed by atoms with Crippen molar-refractivity contribution in [2.45, 2.75) is 12.3 Å². The predicted octanol–water partition coefficient (Wildman–Crippen LogP) is 0.662. The van der Waals surface area contributed by atoms with Gasteiger partial charge in [0.15, 0.2) is 0 Å². The van der Waals surface area contributed by atoms with Gasteiger partial charge < -0.3 is 20.4 Å². The topological polar surface area (TPSA) is 110 Å². The molecule has 0 saturated heterocycles. The Balaban J connectivity index is 1.77. The number of hydrogen-bond acceptors (Lipinski definition) is 8. The van der Waals surface area contributed by atoms with E-state index in [1.807, 2.05) is 20.2 Å². The second-order valence-corrected chi connectivity index (χ2v) is 5.64. The van der Waals surface area contributed by atoms with E-state index >= 15 is 0 Å². The number of furan rings is 1. The van der Waals surface area contributed by atoms with E-state index in [1.54, 1.807) is 17.2 Å². The maximum absolute atomic E-state index is 11.7. The molecule has 0 unspecified atom stereocenters. The molecule has 2 heterocycles. The van der Waals surface area contributed by atoms with Gasteiger partial charge in [0.05, 0.1) is 24.3 Å². The molecule has 118 valence electrons. The van der Waals surface area contributed by atoms with Crippen LogP contribution in [-0.4, -0.2) is 40.7 Å². The zero-order chi connectivity index (χ0) is 15.9. The van der Waals surface area contributed by atoms with Crippen LogP contribution in [0, 0.1) is 0 Å². The number of nitrogens with two attached hydrogens (primary N) is 1. The zero-order valence-electron chi connectivity index (χ0n) is 12.4. The second kappa shape index (κ2) is 7.64. The second-order valence-electron chi connectivity index (χ2n) is 4.65. The maximum Gasteiger partial charge on any atom is 0.230 e. The number of thioether (sulfide) groups is 1. The SMILES string of the molecule is CN(C)c1nc(N)nc(CSCC(=O)NCc2ccco2)n1. The van der Waals surface area contributed by atoms with E-state index in [0.29, 0.717) is 29.8 Å². The fourth-order valence-corrected chi connectivity index (χ4v) is 2.28. The molecule has 2 aromatic rings. The molecule has 0 aliphatic carbocycles. The summed E-state index contributed by atoms with van der Waals surface area (Å²) in [6, 6.07) is 3.59. The Hall–Kier alpha value is -2.29. The standard InChI is InChI=1S/C13H18N6O2S/c1-19(2)13-17-10(16-12(14)18-13)7-22-8-11(20)15-6-9-4-3-5-21-9/h3-5H,6-8H2,1-2H3,(H,15,20)(H2,14,16,17,18). The molecule has 1 amide bonds. The van der Waals surface area contributed by atoms with Crippen LogP contribution in [0.1, 0.15) is 11.6 Å². The summed E-state index contributed by atoms with van der Waals surface area (Å²) in [5.74, 6) is 2.68. The highest BCUT2D eigenvalue weighted by Gasteiger charge is 2.08. The van der Waals surface area contributed by atoms with Gasteiger partial charge in [0.25, 0.3) is 0 Å². The van der Waals surface area contributed by atoms with Crippen molar-refractivity contribution in [3.05, 3.63) is 30.0 Å². The number of carbonyl (C=O) groups excluding carboxylic acids is 1. The van der Waals surface area contributed by atoms with Gasteiger partial charge in [0, 0.05) is 14.1 Å². The maximum atomic E-state index is 11.7. The molecule has 0 aliphatic rings. The number of rotatable bonds is 7. The Morgan fingerprint density at radius 2 is 2.23 bits per heavy atom. The van der Waals surface area contributed by atoms with E-state index in [2.05, 4.69) is 20.3 Å². The summed E-state index contributed by atoms with van der Waals surface area (Å²) in [5, 5.41) is 2.77. The summed E-state index contributed by atoms with van der Waals surface area (Å²) in [6.45, 7) is 0.385. The molecule has 22 heavy (non-hydrogen) atoms. The van der Waals surface area contributed by atoms with E-state index < -0.39 is 0 Å². The minimum Gasteiger partial charge on any atom is -0.467 e. The van der Waals surface area contributed by atoms with Crippen LogP contribution in [0.15, 0.2) is 22.8 Å². The molecule has 2 aromatic heterocycles. The van der Waals surface area contributed by atoms with Crippen LogP contribution in [-0.2, 0) is 17.1 Å². The lowest BCUT2D eigenvalue weighted by molar-refractivity contribution is -0.118. The first-order valence-corrected chi connectivity index (χ1v) is 7.74. The molecule has 0 atom stereocenters. The largest absolute Gasteiger partial charge is 0.467 e. The molecule has 0 spiro atoms.